The molecule has 0 radical (unpaired) electrons. The molecule has 0 spiro atoms. The van der Waals surface area contributed by atoms with Gasteiger partial charge >= 0.3 is 0 Å². The molecule has 0 aliphatic heterocycles. The normalized spacial score (nSPS) is 12.4. The first-order valence-corrected chi connectivity index (χ1v) is 6.64. The molecule has 0 aromatic heterocycles. The number of halogens is 2. The lowest BCUT2D eigenvalue weighted by atomic mass is 9.97. The summed E-state index contributed by atoms with van der Waals surface area (Å²) in [6, 6.07) is 9.34. The molecule has 3 heteroatoms. The maximum absolute atomic E-state index is 13.5. The Bertz CT molecular complexity index is 554. The fraction of sp³-hybridized carbons (Fsp3) is 0.294. The number of aliphatic hydroxyl groups excluding tert-OH is 1. The zero-order valence-corrected chi connectivity index (χ0v) is 11.7. The van der Waals surface area contributed by atoms with Gasteiger partial charge in [-0.1, -0.05) is 23.8 Å². The van der Waals surface area contributed by atoms with Crippen molar-refractivity contribution in [1.82, 2.24) is 0 Å². The molecule has 20 heavy (non-hydrogen) atoms. The monoisotopic (exact) mass is 276 g/mol. The quantitative estimate of drug-likeness (QED) is 0.902. The summed E-state index contributed by atoms with van der Waals surface area (Å²) >= 11 is 0. The van der Waals surface area contributed by atoms with E-state index in [2.05, 4.69) is 0 Å². The molecule has 0 saturated heterocycles. The second kappa shape index (κ2) is 6.14. The Hall–Kier alpha value is -1.74. The van der Waals surface area contributed by atoms with Crippen LogP contribution in [0.1, 0.15) is 22.3 Å². The minimum Gasteiger partial charge on any atom is -0.392 e. The van der Waals surface area contributed by atoms with Crippen molar-refractivity contribution in [2.75, 3.05) is 0 Å². The highest BCUT2D eigenvalue weighted by atomic mass is 19.1. The maximum atomic E-state index is 13.5. The molecule has 1 unspecified atom stereocenters. The van der Waals surface area contributed by atoms with E-state index in [0.717, 1.165) is 34.9 Å². The first-order chi connectivity index (χ1) is 9.45. The van der Waals surface area contributed by atoms with E-state index in [9.17, 15) is 13.9 Å². The molecule has 1 N–H and O–H groups in total. The largest absolute Gasteiger partial charge is 0.392 e. The Labute approximate surface area is 117 Å². The topological polar surface area (TPSA) is 20.2 Å². The van der Waals surface area contributed by atoms with Crippen molar-refractivity contribution in [3.63, 3.8) is 0 Å². The lowest BCUT2D eigenvalue weighted by Crippen LogP contribution is -2.15. The fourth-order valence-electron chi connectivity index (χ4n) is 2.30. The van der Waals surface area contributed by atoms with Crippen molar-refractivity contribution < 1.29 is 13.9 Å². The van der Waals surface area contributed by atoms with Gasteiger partial charge < -0.3 is 5.11 Å². The number of benzene rings is 2. The Morgan fingerprint density at radius 2 is 1.65 bits per heavy atom. The summed E-state index contributed by atoms with van der Waals surface area (Å²) in [7, 11) is 0. The highest BCUT2D eigenvalue weighted by Crippen LogP contribution is 2.17. The van der Waals surface area contributed by atoms with Crippen molar-refractivity contribution in [2.24, 2.45) is 0 Å². The molecule has 0 fully saturated rings. The third-order valence-corrected chi connectivity index (χ3v) is 3.42. The molecule has 106 valence electrons. The van der Waals surface area contributed by atoms with Gasteiger partial charge in [-0.2, -0.15) is 0 Å². The van der Waals surface area contributed by atoms with Crippen molar-refractivity contribution in [3.05, 3.63) is 70.3 Å². The van der Waals surface area contributed by atoms with Crippen LogP contribution in [0.4, 0.5) is 8.78 Å². The van der Waals surface area contributed by atoms with Crippen LogP contribution < -0.4 is 0 Å². The summed E-state index contributed by atoms with van der Waals surface area (Å²) in [4.78, 5) is 0. The predicted molar refractivity (Wildman–Crippen MR) is 75.7 cm³/mol. The van der Waals surface area contributed by atoms with Gasteiger partial charge in [-0.25, -0.2) is 8.78 Å². The lowest BCUT2D eigenvalue weighted by Gasteiger charge is -2.14. The van der Waals surface area contributed by atoms with Crippen molar-refractivity contribution in [1.29, 1.82) is 0 Å². The molecule has 0 heterocycles. The number of aliphatic hydroxyl groups is 1. The van der Waals surface area contributed by atoms with Crippen LogP contribution in [0.2, 0.25) is 0 Å². The molecular formula is C17H18F2O. The molecule has 0 amide bonds. The van der Waals surface area contributed by atoms with E-state index in [4.69, 9.17) is 0 Å². The summed E-state index contributed by atoms with van der Waals surface area (Å²) in [5, 5.41) is 10.1. The summed E-state index contributed by atoms with van der Waals surface area (Å²) in [6.07, 6.45) is -0.188. The molecular weight excluding hydrogens is 258 g/mol. The summed E-state index contributed by atoms with van der Waals surface area (Å²) in [5.74, 6) is -0.966. The van der Waals surface area contributed by atoms with E-state index >= 15 is 0 Å². The van der Waals surface area contributed by atoms with E-state index in [1.807, 2.05) is 32.0 Å². The van der Waals surface area contributed by atoms with E-state index in [-0.39, 0.29) is 12.0 Å². The Kier molecular flexibility index (Phi) is 4.50. The smallest absolute Gasteiger partial charge is 0.126 e. The van der Waals surface area contributed by atoms with E-state index in [1.54, 1.807) is 0 Å². The molecule has 0 bridgehead atoms. The van der Waals surface area contributed by atoms with Gasteiger partial charge in [0.25, 0.3) is 0 Å². The first kappa shape index (κ1) is 14.7. The average molecular weight is 276 g/mol. The predicted octanol–water partition coefficient (Wildman–Crippen LogP) is 3.73. The molecule has 2 aromatic carbocycles. The van der Waals surface area contributed by atoms with Gasteiger partial charge in [-0.05, 0) is 55.2 Å². The van der Waals surface area contributed by atoms with Crippen LogP contribution >= 0.6 is 0 Å². The Morgan fingerprint density at radius 1 is 0.950 bits per heavy atom. The van der Waals surface area contributed by atoms with Gasteiger partial charge in [0.2, 0.25) is 0 Å². The highest BCUT2D eigenvalue weighted by Gasteiger charge is 2.12. The van der Waals surface area contributed by atoms with Crippen LogP contribution in [0, 0.1) is 25.5 Å². The van der Waals surface area contributed by atoms with Crippen molar-refractivity contribution >= 4 is 0 Å². The third kappa shape index (κ3) is 3.64. The van der Waals surface area contributed by atoms with Crippen molar-refractivity contribution in [3.8, 4) is 0 Å². The van der Waals surface area contributed by atoms with Gasteiger partial charge in [0.1, 0.15) is 11.6 Å². The minimum atomic E-state index is -0.730. The molecule has 2 rings (SSSR count). The van der Waals surface area contributed by atoms with Gasteiger partial charge in [-0.3, -0.25) is 0 Å². The minimum absolute atomic E-state index is 0.108. The SMILES string of the molecule is Cc1ccc(C)c(CC(O)Cc2cc(F)ccc2F)c1. The van der Waals surface area contributed by atoms with E-state index < -0.39 is 17.7 Å². The number of hydrogen-bond acceptors (Lipinski definition) is 1. The van der Waals surface area contributed by atoms with Crippen LogP contribution in [0.3, 0.4) is 0 Å². The standard InChI is InChI=1S/C17H18F2O/c1-11-3-4-12(2)13(7-11)9-16(20)10-14-8-15(18)5-6-17(14)19/h3-8,16,20H,9-10H2,1-2H3. The lowest BCUT2D eigenvalue weighted by molar-refractivity contribution is 0.174. The van der Waals surface area contributed by atoms with Gasteiger partial charge in [0.05, 0.1) is 6.10 Å². The van der Waals surface area contributed by atoms with E-state index in [1.165, 1.54) is 0 Å². The summed E-state index contributed by atoms with van der Waals surface area (Å²) in [6.45, 7) is 3.96. The second-order valence-corrected chi connectivity index (χ2v) is 5.23. The molecule has 1 atom stereocenters. The maximum Gasteiger partial charge on any atom is 0.126 e. The molecule has 1 nitrogen and oxygen atoms in total. The van der Waals surface area contributed by atoms with Crippen LogP contribution in [0.5, 0.6) is 0 Å². The third-order valence-electron chi connectivity index (χ3n) is 3.42. The van der Waals surface area contributed by atoms with Crippen LogP contribution in [-0.2, 0) is 12.8 Å². The number of rotatable bonds is 4. The summed E-state index contributed by atoms with van der Waals surface area (Å²) < 4.78 is 26.6. The van der Waals surface area contributed by atoms with Gasteiger partial charge in [-0.15, -0.1) is 0 Å². The van der Waals surface area contributed by atoms with Crippen LogP contribution in [0.25, 0.3) is 0 Å². The van der Waals surface area contributed by atoms with Gasteiger partial charge in [0.15, 0.2) is 0 Å². The second-order valence-electron chi connectivity index (χ2n) is 5.23. The number of hydrogen-bond donors (Lipinski definition) is 1. The number of aryl methyl sites for hydroxylation is 2. The molecule has 0 saturated carbocycles. The molecule has 0 aliphatic rings. The summed E-state index contributed by atoms with van der Waals surface area (Å²) in [5.41, 5.74) is 3.46. The van der Waals surface area contributed by atoms with Crippen LogP contribution in [-0.4, -0.2) is 11.2 Å². The Morgan fingerprint density at radius 3 is 2.40 bits per heavy atom. The van der Waals surface area contributed by atoms with E-state index in [0.29, 0.717) is 6.42 Å². The molecule has 2 aromatic rings. The van der Waals surface area contributed by atoms with Crippen LogP contribution in [0.15, 0.2) is 36.4 Å². The first-order valence-electron chi connectivity index (χ1n) is 6.64. The van der Waals surface area contributed by atoms with Gasteiger partial charge in [0, 0.05) is 6.42 Å². The highest BCUT2D eigenvalue weighted by molar-refractivity contribution is 5.31. The fourth-order valence-corrected chi connectivity index (χ4v) is 2.30. The average Bonchev–Trinajstić information content (AvgIpc) is 2.38. The zero-order chi connectivity index (χ0) is 14.7. The Balaban J connectivity index is 2.10. The molecule has 0 aliphatic carbocycles. The zero-order valence-electron chi connectivity index (χ0n) is 11.7. The van der Waals surface area contributed by atoms with Crippen molar-refractivity contribution in [2.45, 2.75) is 32.8 Å².